The molecule has 7 heteroatoms. The highest BCUT2D eigenvalue weighted by Gasteiger charge is 2.18. The zero-order chi connectivity index (χ0) is 18.4. The zero-order valence-corrected chi connectivity index (χ0v) is 15.2. The van der Waals surface area contributed by atoms with E-state index in [9.17, 15) is 9.59 Å². The van der Waals surface area contributed by atoms with Crippen molar-refractivity contribution in [3.63, 3.8) is 0 Å². The molecule has 2 rings (SSSR count). The molecule has 0 aliphatic rings. The molecule has 0 unspecified atom stereocenters. The standard InChI is InChI=1S/C18H17Cl2NO4/c1-11-8-15(6-7-16(11)20)24-10-17(22)25-12(2)18(23)21-14-5-3-4-13(19)9-14/h3-9,12H,10H2,1-2H3,(H,21,23)/t12-/m1/s1. The lowest BCUT2D eigenvalue weighted by molar-refractivity contribution is -0.155. The van der Waals surface area contributed by atoms with Crippen LogP contribution in [0.3, 0.4) is 0 Å². The molecule has 1 atom stereocenters. The van der Waals surface area contributed by atoms with Gasteiger partial charge in [0.25, 0.3) is 5.91 Å². The lowest BCUT2D eigenvalue weighted by atomic mass is 10.2. The van der Waals surface area contributed by atoms with Crippen molar-refractivity contribution in [1.29, 1.82) is 0 Å². The normalized spacial score (nSPS) is 11.5. The Bertz CT molecular complexity index is 779. The first-order valence-corrected chi connectivity index (χ1v) is 8.25. The summed E-state index contributed by atoms with van der Waals surface area (Å²) in [6.45, 7) is 3.00. The van der Waals surface area contributed by atoms with Crippen LogP contribution in [0.5, 0.6) is 5.75 Å². The van der Waals surface area contributed by atoms with Crippen molar-refractivity contribution in [1.82, 2.24) is 0 Å². The van der Waals surface area contributed by atoms with Crippen molar-refractivity contribution in [2.45, 2.75) is 20.0 Å². The summed E-state index contributed by atoms with van der Waals surface area (Å²) in [4.78, 5) is 23.8. The average molecular weight is 382 g/mol. The third kappa shape index (κ3) is 5.96. The Kier molecular flexibility index (Phi) is 6.67. The molecular formula is C18H17Cl2NO4. The predicted octanol–water partition coefficient (Wildman–Crippen LogP) is 4.25. The molecule has 0 saturated carbocycles. The number of nitrogens with one attached hydrogen (secondary N) is 1. The largest absolute Gasteiger partial charge is 0.482 e. The number of anilines is 1. The Labute approximate surface area is 155 Å². The van der Waals surface area contributed by atoms with Crippen molar-refractivity contribution < 1.29 is 19.1 Å². The highest BCUT2D eigenvalue weighted by atomic mass is 35.5. The Balaban J connectivity index is 1.82. The number of carbonyl (C=O) groups excluding carboxylic acids is 2. The monoisotopic (exact) mass is 381 g/mol. The fourth-order valence-corrected chi connectivity index (χ4v) is 2.25. The summed E-state index contributed by atoms with van der Waals surface area (Å²) < 4.78 is 10.4. The van der Waals surface area contributed by atoms with Gasteiger partial charge in [0.05, 0.1) is 0 Å². The van der Waals surface area contributed by atoms with Crippen molar-refractivity contribution in [2.75, 3.05) is 11.9 Å². The summed E-state index contributed by atoms with van der Waals surface area (Å²) in [6, 6.07) is 11.7. The molecule has 0 bridgehead atoms. The fraction of sp³-hybridized carbons (Fsp3) is 0.222. The smallest absolute Gasteiger partial charge is 0.344 e. The topological polar surface area (TPSA) is 64.6 Å². The maximum atomic E-state index is 12.0. The first-order valence-electron chi connectivity index (χ1n) is 7.50. The van der Waals surface area contributed by atoms with Crippen LogP contribution in [0.1, 0.15) is 12.5 Å². The minimum Gasteiger partial charge on any atom is -0.482 e. The first-order chi connectivity index (χ1) is 11.8. The van der Waals surface area contributed by atoms with Crippen LogP contribution in [0.15, 0.2) is 42.5 Å². The molecule has 25 heavy (non-hydrogen) atoms. The average Bonchev–Trinajstić information content (AvgIpc) is 2.56. The van der Waals surface area contributed by atoms with E-state index in [0.29, 0.717) is 21.5 Å². The van der Waals surface area contributed by atoms with E-state index in [2.05, 4.69) is 5.32 Å². The van der Waals surface area contributed by atoms with Gasteiger partial charge in [-0.1, -0.05) is 29.3 Å². The van der Waals surface area contributed by atoms with Crippen LogP contribution < -0.4 is 10.1 Å². The number of hydrogen-bond acceptors (Lipinski definition) is 4. The van der Waals surface area contributed by atoms with Gasteiger partial charge in [-0.3, -0.25) is 4.79 Å². The van der Waals surface area contributed by atoms with Gasteiger partial charge in [-0.2, -0.15) is 0 Å². The molecule has 0 heterocycles. The number of hydrogen-bond donors (Lipinski definition) is 1. The predicted molar refractivity (Wildman–Crippen MR) is 97.3 cm³/mol. The molecule has 0 aromatic heterocycles. The van der Waals surface area contributed by atoms with Gasteiger partial charge in [-0.15, -0.1) is 0 Å². The highest BCUT2D eigenvalue weighted by Crippen LogP contribution is 2.21. The van der Waals surface area contributed by atoms with Gasteiger partial charge in [0.2, 0.25) is 0 Å². The molecular weight excluding hydrogens is 365 g/mol. The zero-order valence-electron chi connectivity index (χ0n) is 13.7. The molecule has 2 aromatic carbocycles. The van der Waals surface area contributed by atoms with E-state index in [1.165, 1.54) is 6.92 Å². The third-order valence-electron chi connectivity index (χ3n) is 3.26. The number of aryl methyl sites for hydroxylation is 1. The van der Waals surface area contributed by atoms with Crippen LogP contribution in [-0.2, 0) is 14.3 Å². The van der Waals surface area contributed by atoms with Crippen LogP contribution >= 0.6 is 23.2 Å². The first kappa shape index (κ1) is 19.1. The minimum absolute atomic E-state index is 0.310. The SMILES string of the molecule is Cc1cc(OCC(=O)O[C@H](C)C(=O)Nc2cccc(Cl)c2)ccc1Cl. The molecule has 0 saturated heterocycles. The summed E-state index contributed by atoms with van der Waals surface area (Å²) >= 11 is 11.8. The van der Waals surface area contributed by atoms with E-state index >= 15 is 0 Å². The Morgan fingerprint density at radius 2 is 1.92 bits per heavy atom. The van der Waals surface area contributed by atoms with Crippen LogP contribution in [0.2, 0.25) is 10.0 Å². The number of halogens is 2. The summed E-state index contributed by atoms with van der Waals surface area (Å²) in [5.41, 5.74) is 1.36. The molecule has 0 aliphatic carbocycles. The molecule has 2 aromatic rings. The molecule has 0 aliphatic heterocycles. The summed E-state index contributed by atoms with van der Waals surface area (Å²) in [5.74, 6) is -0.616. The maximum Gasteiger partial charge on any atom is 0.344 e. The third-order valence-corrected chi connectivity index (χ3v) is 3.91. The van der Waals surface area contributed by atoms with Crippen molar-refractivity contribution in [3.05, 3.63) is 58.1 Å². The van der Waals surface area contributed by atoms with Crippen LogP contribution in [0, 0.1) is 6.92 Å². The highest BCUT2D eigenvalue weighted by molar-refractivity contribution is 6.31. The summed E-state index contributed by atoms with van der Waals surface area (Å²) in [5, 5.41) is 3.73. The van der Waals surface area contributed by atoms with E-state index in [1.807, 2.05) is 6.92 Å². The molecule has 1 N–H and O–H groups in total. The van der Waals surface area contributed by atoms with Gasteiger partial charge in [-0.05, 0) is 55.8 Å². The second-order valence-electron chi connectivity index (χ2n) is 5.33. The number of ether oxygens (including phenoxy) is 2. The second-order valence-corrected chi connectivity index (χ2v) is 6.17. The maximum absolute atomic E-state index is 12.0. The summed E-state index contributed by atoms with van der Waals surface area (Å²) in [7, 11) is 0. The quantitative estimate of drug-likeness (QED) is 0.759. The Morgan fingerprint density at radius 3 is 2.60 bits per heavy atom. The van der Waals surface area contributed by atoms with Crippen LogP contribution in [-0.4, -0.2) is 24.6 Å². The molecule has 0 fully saturated rings. The second kappa shape index (κ2) is 8.74. The van der Waals surface area contributed by atoms with E-state index < -0.39 is 18.0 Å². The van der Waals surface area contributed by atoms with Crippen LogP contribution in [0.4, 0.5) is 5.69 Å². The van der Waals surface area contributed by atoms with Gasteiger partial charge >= 0.3 is 5.97 Å². The Morgan fingerprint density at radius 1 is 1.16 bits per heavy atom. The van der Waals surface area contributed by atoms with Gasteiger partial charge in [0.15, 0.2) is 12.7 Å². The molecule has 0 spiro atoms. The number of benzene rings is 2. The Hall–Kier alpha value is -2.24. The lowest BCUT2D eigenvalue weighted by Gasteiger charge is -2.14. The molecule has 132 valence electrons. The van der Waals surface area contributed by atoms with E-state index in [0.717, 1.165) is 5.56 Å². The van der Waals surface area contributed by atoms with Gasteiger partial charge in [0.1, 0.15) is 5.75 Å². The number of rotatable bonds is 6. The van der Waals surface area contributed by atoms with Gasteiger partial charge in [0, 0.05) is 15.7 Å². The molecule has 0 radical (unpaired) electrons. The van der Waals surface area contributed by atoms with Crippen LogP contribution in [0.25, 0.3) is 0 Å². The minimum atomic E-state index is -0.970. The van der Waals surface area contributed by atoms with Crippen molar-refractivity contribution >= 4 is 40.8 Å². The van der Waals surface area contributed by atoms with Crippen molar-refractivity contribution in [2.24, 2.45) is 0 Å². The van der Waals surface area contributed by atoms with Gasteiger partial charge < -0.3 is 14.8 Å². The van der Waals surface area contributed by atoms with Crippen molar-refractivity contribution in [3.8, 4) is 5.75 Å². The van der Waals surface area contributed by atoms with E-state index in [-0.39, 0.29) is 6.61 Å². The number of esters is 1. The van der Waals surface area contributed by atoms with Gasteiger partial charge in [-0.25, -0.2) is 4.79 Å². The molecule has 5 nitrogen and oxygen atoms in total. The fourth-order valence-electron chi connectivity index (χ4n) is 1.94. The summed E-state index contributed by atoms with van der Waals surface area (Å²) in [6.07, 6.45) is -0.970. The number of amides is 1. The lowest BCUT2D eigenvalue weighted by Crippen LogP contribution is -2.31. The molecule has 1 amide bonds. The number of carbonyl (C=O) groups is 2. The van der Waals surface area contributed by atoms with E-state index in [1.54, 1.807) is 42.5 Å². The van der Waals surface area contributed by atoms with E-state index in [4.69, 9.17) is 32.7 Å².